The van der Waals surface area contributed by atoms with E-state index in [1.807, 2.05) is 0 Å². The average Bonchev–Trinajstić information content (AvgIpc) is 3.20. The van der Waals surface area contributed by atoms with Crippen molar-refractivity contribution in [3.63, 3.8) is 0 Å². The van der Waals surface area contributed by atoms with Crippen LogP contribution in [-0.2, 0) is 47.3 Å². The average molecular weight is 849 g/mol. The van der Waals surface area contributed by atoms with Gasteiger partial charge >= 0.3 is 0 Å². The van der Waals surface area contributed by atoms with Crippen LogP contribution in [0.3, 0.4) is 0 Å². The maximum Gasteiger partial charge on any atom is 0.123 e. The molecule has 0 saturated heterocycles. The number of aromatic hydroxyl groups is 4. The molecule has 4 nitrogen and oxygen atoms in total. The maximum absolute atomic E-state index is 12.7. The van der Waals surface area contributed by atoms with Gasteiger partial charge < -0.3 is 20.4 Å². The molecule has 0 unspecified atom stereocenters. The Morgan fingerprint density at radius 3 is 0.641 bits per heavy atom. The second-order valence-corrected chi connectivity index (χ2v) is 22.9. The fourth-order valence-electron chi connectivity index (χ4n) is 10.0. The predicted octanol–water partition coefficient (Wildman–Crippen LogP) is 15.0. The van der Waals surface area contributed by atoms with Crippen molar-refractivity contribution in [2.24, 2.45) is 0 Å². The number of phenolic OH excluding ortho intramolecular Hbond substituents is 4. The van der Waals surface area contributed by atoms with E-state index in [1.54, 1.807) is 0 Å². The fourth-order valence-corrected chi connectivity index (χ4v) is 10.0. The molecule has 0 aliphatic heterocycles. The van der Waals surface area contributed by atoms with Gasteiger partial charge in [-0.05, 0) is 134 Å². The van der Waals surface area contributed by atoms with E-state index in [-0.39, 0.29) is 70.3 Å². The van der Waals surface area contributed by atoms with E-state index in [0.29, 0.717) is 22.3 Å². The summed E-state index contributed by atoms with van der Waals surface area (Å²) < 4.78 is 0. The summed E-state index contributed by atoms with van der Waals surface area (Å²) in [6.45, 7) is 26.5. The van der Waals surface area contributed by atoms with Crippen molar-refractivity contribution >= 4 is 43.1 Å². The Kier molecular flexibility index (Phi) is 9.99. The number of benzene rings is 8. The quantitative estimate of drug-likeness (QED) is 0.123. The minimum atomic E-state index is -0.107. The molecule has 8 aromatic carbocycles. The molecule has 8 bridgehead atoms. The van der Waals surface area contributed by atoms with Crippen LogP contribution in [0.1, 0.15) is 150 Å². The second kappa shape index (κ2) is 14.8. The molecule has 0 saturated carbocycles. The predicted molar refractivity (Wildman–Crippen MR) is 268 cm³/mol. The Bertz CT molecular complexity index is 2790. The van der Waals surface area contributed by atoms with E-state index in [2.05, 4.69) is 180 Å². The van der Waals surface area contributed by atoms with Crippen LogP contribution in [0.25, 0.3) is 43.1 Å². The van der Waals surface area contributed by atoms with Gasteiger partial charge in [0.2, 0.25) is 0 Å². The summed E-state index contributed by atoms with van der Waals surface area (Å²) in [7, 11) is 0. The zero-order chi connectivity index (χ0) is 46.0. The van der Waals surface area contributed by atoms with Gasteiger partial charge in [-0.3, -0.25) is 0 Å². The lowest BCUT2D eigenvalue weighted by Gasteiger charge is -2.24. The van der Waals surface area contributed by atoms with Gasteiger partial charge in [0.05, 0.1) is 0 Å². The maximum atomic E-state index is 12.7. The Labute approximate surface area is 379 Å². The molecule has 0 radical (unpaired) electrons. The highest BCUT2D eigenvalue weighted by Crippen LogP contribution is 2.46. The van der Waals surface area contributed by atoms with Crippen LogP contribution in [-0.4, -0.2) is 20.4 Å². The number of hydrogen-bond acceptors (Lipinski definition) is 4. The lowest BCUT2D eigenvalue weighted by Crippen LogP contribution is -2.11. The van der Waals surface area contributed by atoms with Gasteiger partial charge in [-0.2, -0.15) is 0 Å². The van der Waals surface area contributed by atoms with Crippen molar-refractivity contribution in [2.75, 3.05) is 0 Å². The normalized spacial score (nSPS) is 13.9. The Hall–Kier alpha value is -6.00. The highest BCUT2D eigenvalue weighted by Gasteiger charge is 2.27. The molecule has 1 aliphatic carbocycles. The minimum absolute atomic E-state index is 0.107. The van der Waals surface area contributed by atoms with Crippen LogP contribution in [0.4, 0.5) is 0 Å². The highest BCUT2D eigenvalue weighted by molar-refractivity contribution is 5.96. The second-order valence-electron chi connectivity index (χ2n) is 22.9. The lowest BCUT2D eigenvalue weighted by atomic mass is 9.81. The molecule has 0 atom stereocenters. The number of fused-ring (bicyclic) bond motifs is 16. The summed E-state index contributed by atoms with van der Waals surface area (Å²) in [5, 5.41) is 58.3. The minimum Gasteiger partial charge on any atom is -0.507 e. The Morgan fingerprint density at radius 1 is 0.281 bits per heavy atom. The van der Waals surface area contributed by atoms with Crippen LogP contribution in [0, 0.1) is 0 Å². The molecular weight excluding hydrogens is 785 g/mol. The van der Waals surface area contributed by atoms with E-state index in [4.69, 9.17) is 0 Å². The third-order valence-corrected chi connectivity index (χ3v) is 14.1. The zero-order valence-corrected chi connectivity index (χ0v) is 39.9. The van der Waals surface area contributed by atoms with Gasteiger partial charge in [0.1, 0.15) is 23.0 Å². The lowest BCUT2D eigenvalue weighted by molar-refractivity contribution is 0.452. The standard InChI is InChI=1S/C60H64O4/c1-57(2,3)41-13-17-45-33(25-41)21-37-29-50-46-18-14-42(58(4,5)6)27-35(46)23-39(55(50)63)31-52-48-20-16-44(60(10,11)12)28-36(48)24-40(56(52)64)32-51-47-19-15-43(59(7,8)9)26-34(47)22-38(54(51)62)30-49(45)53(37)61/h13-28,61-64H,29-32H2,1-12H3. The number of rotatable bonds is 0. The molecule has 328 valence electrons. The van der Waals surface area contributed by atoms with Crippen LogP contribution < -0.4 is 0 Å². The topological polar surface area (TPSA) is 80.9 Å². The Balaban J connectivity index is 1.41. The first-order valence-electron chi connectivity index (χ1n) is 23.0. The molecule has 1 aliphatic rings. The van der Waals surface area contributed by atoms with E-state index in [1.165, 1.54) is 22.3 Å². The molecule has 0 aromatic heterocycles. The van der Waals surface area contributed by atoms with Gasteiger partial charge in [0.15, 0.2) is 0 Å². The van der Waals surface area contributed by atoms with Crippen LogP contribution in [0.2, 0.25) is 0 Å². The first kappa shape index (κ1) is 43.3. The monoisotopic (exact) mass is 848 g/mol. The summed E-state index contributed by atoms with van der Waals surface area (Å²) in [5.41, 5.74) is 10.0. The number of phenols is 4. The van der Waals surface area contributed by atoms with Gasteiger partial charge in [0, 0.05) is 47.9 Å². The smallest absolute Gasteiger partial charge is 0.123 e. The van der Waals surface area contributed by atoms with Gasteiger partial charge in [0.25, 0.3) is 0 Å². The first-order chi connectivity index (χ1) is 29.9. The summed E-state index contributed by atoms with van der Waals surface area (Å²) in [6.07, 6.45) is 1.08. The van der Waals surface area contributed by atoms with Crippen molar-refractivity contribution in [3.8, 4) is 23.0 Å². The summed E-state index contributed by atoms with van der Waals surface area (Å²) in [5.74, 6) is 0.668. The number of hydrogen-bond donors (Lipinski definition) is 4. The largest absolute Gasteiger partial charge is 0.507 e. The van der Waals surface area contributed by atoms with Crippen molar-refractivity contribution < 1.29 is 20.4 Å². The molecule has 8 aromatic rings. The van der Waals surface area contributed by atoms with Gasteiger partial charge in [-0.1, -0.05) is 156 Å². The van der Waals surface area contributed by atoms with Gasteiger partial charge in [-0.15, -0.1) is 0 Å². The summed E-state index contributed by atoms with van der Waals surface area (Å²) in [4.78, 5) is 0. The van der Waals surface area contributed by atoms with E-state index < -0.39 is 0 Å². The van der Waals surface area contributed by atoms with Crippen molar-refractivity contribution in [2.45, 2.75) is 130 Å². The first-order valence-corrected chi connectivity index (χ1v) is 23.0. The van der Waals surface area contributed by atoms with Crippen molar-refractivity contribution in [1.29, 1.82) is 0 Å². The SMILES string of the molecule is CC(C)(C)c1ccc2c3c(O)c(cc2c1)Cc1c(O)c(cc2cc(C(C)(C)C)ccc12)Cc1c(O)c(cc2cc(C(C)(C)C)ccc12)Cc1c(O)c(cc2cc(C(C)(C)C)ccc12)C3. The Morgan fingerprint density at radius 2 is 0.469 bits per heavy atom. The molecule has 0 spiro atoms. The van der Waals surface area contributed by atoms with E-state index >= 15 is 0 Å². The van der Waals surface area contributed by atoms with Crippen LogP contribution in [0.15, 0.2) is 97.1 Å². The molecule has 0 fully saturated rings. The summed E-state index contributed by atoms with van der Waals surface area (Å²) >= 11 is 0. The molecule has 9 rings (SSSR count). The van der Waals surface area contributed by atoms with Crippen LogP contribution >= 0.6 is 0 Å². The molecule has 64 heavy (non-hydrogen) atoms. The van der Waals surface area contributed by atoms with Gasteiger partial charge in [-0.25, -0.2) is 0 Å². The summed E-state index contributed by atoms with van der Waals surface area (Å²) in [6, 6.07) is 34.4. The van der Waals surface area contributed by atoms with E-state index in [9.17, 15) is 20.4 Å². The molecular formula is C60H64O4. The fraction of sp³-hybridized carbons (Fsp3) is 0.333. The van der Waals surface area contributed by atoms with Crippen molar-refractivity contribution in [1.82, 2.24) is 0 Å². The molecule has 4 heteroatoms. The zero-order valence-electron chi connectivity index (χ0n) is 39.9. The third kappa shape index (κ3) is 7.53. The molecule has 4 N–H and O–H groups in total. The molecule has 0 heterocycles. The molecule has 0 amide bonds. The third-order valence-electron chi connectivity index (χ3n) is 14.1. The highest BCUT2D eigenvalue weighted by atomic mass is 16.3. The van der Waals surface area contributed by atoms with Crippen molar-refractivity contribution in [3.05, 3.63) is 164 Å². The van der Waals surface area contributed by atoms with Crippen LogP contribution in [0.5, 0.6) is 23.0 Å². The van der Waals surface area contributed by atoms with E-state index in [0.717, 1.165) is 65.3 Å².